The van der Waals surface area contributed by atoms with E-state index in [-0.39, 0.29) is 0 Å². The van der Waals surface area contributed by atoms with Crippen LogP contribution >= 0.6 is 11.3 Å². The maximum Gasteiger partial charge on any atom is 0.0992 e. The number of hydrogen-bond acceptors (Lipinski definition) is 4. The molecule has 3 aliphatic rings. The van der Waals surface area contributed by atoms with Crippen molar-refractivity contribution in [3.8, 4) is 0 Å². The Labute approximate surface area is 137 Å². The van der Waals surface area contributed by atoms with Crippen molar-refractivity contribution in [2.75, 3.05) is 19.8 Å². The van der Waals surface area contributed by atoms with Crippen molar-refractivity contribution in [1.82, 2.24) is 4.90 Å². The summed E-state index contributed by atoms with van der Waals surface area (Å²) in [5.74, 6) is 0.810. The molecule has 1 saturated heterocycles. The van der Waals surface area contributed by atoms with Crippen LogP contribution in [0.3, 0.4) is 0 Å². The van der Waals surface area contributed by atoms with Crippen LogP contribution in [-0.4, -0.2) is 42.9 Å². The topological polar surface area (TPSA) is 21.7 Å². The molecule has 3 nitrogen and oxygen atoms in total. The molecule has 0 radical (unpaired) electrons. The molecule has 3 fully saturated rings. The monoisotopic (exact) mass is 321 g/mol. The smallest absolute Gasteiger partial charge is 0.0992 e. The predicted molar refractivity (Wildman–Crippen MR) is 89.2 cm³/mol. The van der Waals surface area contributed by atoms with Gasteiger partial charge >= 0.3 is 0 Å². The fraction of sp³-hybridized carbons (Fsp3) is 0.778. The van der Waals surface area contributed by atoms with Crippen molar-refractivity contribution in [2.45, 2.75) is 63.3 Å². The highest BCUT2D eigenvalue weighted by atomic mass is 32.1. The summed E-state index contributed by atoms with van der Waals surface area (Å²) in [6, 6.07) is 2.81. The first-order valence-electron chi connectivity index (χ1n) is 8.88. The average molecular weight is 321 g/mol. The van der Waals surface area contributed by atoms with Crippen LogP contribution in [0, 0.1) is 5.92 Å². The number of thiophene rings is 1. The van der Waals surface area contributed by atoms with E-state index < -0.39 is 0 Å². The Kier molecular flexibility index (Phi) is 4.81. The summed E-state index contributed by atoms with van der Waals surface area (Å²) in [6.07, 6.45) is 8.56. The summed E-state index contributed by atoms with van der Waals surface area (Å²) in [5.41, 5.74) is 1.45. The lowest BCUT2D eigenvalue weighted by Gasteiger charge is -2.39. The van der Waals surface area contributed by atoms with Crippen molar-refractivity contribution >= 4 is 11.3 Å². The van der Waals surface area contributed by atoms with Crippen molar-refractivity contribution in [2.24, 2.45) is 5.92 Å². The Bertz CT molecular complexity index is 458. The van der Waals surface area contributed by atoms with E-state index in [1.807, 2.05) is 0 Å². The molecule has 0 aromatic carbocycles. The van der Waals surface area contributed by atoms with E-state index in [9.17, 15) is 0 Å². The number of fused-ring (bicyclic) bond motifs is 1. The summed E-state index contributed by atoms with van der Waals surface area (Å²) in [4.78, 5) is 2.62. The first-order valence-corrected chi connectivity index (χ1v) is 9.83. The second kappa shape index (κ2) is 7.00. The van der Waals surface area contributed by atoms with Gasteiger partial charge in [0.1, 0.15) is 0 Å². The van der Waals surface area contributed by atoms with E-state index in [0.29, 0.717) is 18.2 Å². The van der Waals surface area contributed by atoms with Crippen LogP contribution in [0.4, 0.5) is 0 Å². The molecule has 1 aromatic rings. The Morgan fingerprint density at radius 3 is 2.95 bits per heavy atom. The molecule has 2 saturated carbocycles. The third kappa shape index (κ3) is 3.25. The maximum absolute atomic E-state index is 6.29. The normalized spacial score (nSPS) is 33.4. The highest BCUT2D eigenvalue weighted by Crippen LogP contribution is 2.34. The van der Waals surface area contributed by atoms with Crippen molar-refractivity contribution in [3.05, 3.63) is 22.4 Å². The van der Waals surface area contributed by atoms with Gasteiger partial charge in [0.15, 0.2) is 0 Å². The van der Waals surface area contributed by atoms with Crippen LogP contribution in [0.2, 0.25) is 0 Å². The largest absolute Gasteiger partial charge is 0.375 e. The molecule has 1 aromatic heterocycles. The van der Waals surface area contributed by atoms with Crippen LogP contribution in [0.1, 0.15) is 44.1 Å². The van der Waals surface area contributed by atoms with E-state index in [2.05, 4.69) is 21.7 Å². The second-order valence-electron chi connectivity index (χ2n) is 7.10. The lowest BCUT2D eigenvalue weighted by molar-refractivity contribution is -0.119. The van der Waals surface area contributed by atoms with Gasteiger partial charge < -0.3 is 9.47 Å². The van der Waals surface area contributed by atoms with Crippen LogP contribution in [0.15, 0.2) is 16.8 Å². The van der Waals surface area contributed by atoms with E-state index in [0.717, 1.165) is 32.2 Å². The van der Waals surface area contributed by atoms with Gasteiger partial charge in [0.2, 0.25) is 0 Å². The van der Waals surface area contributed by atoms with Crippen molar-refractivity contribution in [3.63, 3.8) is 0 Å². The average Bonchev–Trinajstić information content (AvgIpc) is 3.27. The van der Waals surface area contributed by atoms with Gasteiger partial charge in [-0.25, -0.2) is 0 Å². The van der Waals surface area contributed by atoms with Gasteiger partial charge in [-0.15, -0.1) is 0 Å². The van der Waals surface area contributed by atoms with E-state index in [1.165, 1.54) is 44.1 Å². The van der Waals surface area contributed by atoms with Crippen LogP contribution in [-0.2, 0) is 16.0 Å². The Hall–Kier alpha value is -0.420. The van der Waals surface area contributed by atoms with Crippen LogP contribution < -0.4 is 0 Å². The number of morpholine rings is 1. The van der Waals surface area contributed by atoms with Gasteiger partial charge in [-0.2, -0.15) is 11.3 Å². The van der Waals surface area contributed by atoms with E-state index in [1.54, 1.807) is 11.3 Å². The zero-order valence-corrected chi connectivity index (χ0v) is 14.1. The Morgan fingerprint density at radius 2 is 2.14 bits per heavy atom. The molecule has 3 atom stereocenters. The SMILES string of the molecule is c1cc(CN2CCO[C@H]3[C@H](OCC4CCCC4)CC[C@@H]32)cs1. The van der Waals surface area contributed by atoms with Crippen LogP contribution in [0.25, 0.3) is 0 Å². The fourth-order valence-corrected chi connectivity index (χ4v) is 5.08. The lowest BCUT2D eigenvalue weighted by atomic mass is 10.1. The molecule has 1 aliphatic heterocycles. The maximum atomic E-state index is 6.29. The molecule has 2 heterocycles. The summed E-state index contributed by atoms with van der Waals surface area (Å²) in [5, 5.41) is 4.45. The highest BCUT2D eigenvalue weighted by molar-refractivity contribution is 7.07. The standard InChI is InChI=1S/C18H27NO2S/c1-2-4-14(3-1)12-21-17-6-5-16-18(17)20-9-8-19(16)11-15-7-10-22-13-15/h7,10,13-14,16-18H,1-6,8-9,11-12H2/t16-,17+,18+/m0/s1. The van der Waals surface area contributed by atoms with Crippen molar-refractivity contribution < 1.29 is 9.47 Å². The number of ether oxygens (including phenoxy) is 2. The molecule has 2 aliphatic carbocycles. The van der Waals surface area contributed by atoms with Gasteiger partial charge in [0, 0.05) is 25.7 Å². The molecule has 4 heteroatoms. The zero-order chi connectivity index (χ0) is 14.8. The van der Waals surface area contributed by atoms with Gasteiger partial charge in [-0.1, -0.05) is 12.8 Å². The number of hydrogen-bond donors (Lipinski definition) is 0. The Balaban J connectivity index is 1.33. The van der Waals surface area contributed by atoms with Gasteiger partial charge in [-0.3, -0.25) is 4.90 Å². The molecule has 0 bridgehead atoms. The molecule has 0 unspecified atom stereocenters. The molecule has 122 valence electrons. The molecular weight excluding hydrogens is 294 g/mol. The molecular formula is C18H27NO2S. The number of nitrogens with zero attached hydrogens (tertiary/aromatic N) is 1. The Morgan fingerprint density at radius 1 is 1.23 bits per heavy atom. The predicted octanol–water partition coefficient (Wildman–Crippen LogP) is 3.69. The summed E-state index contributed by atoms with van der Waals surface area (Å²) in [6.45, 7) is 3.95. The van der Waals surface area contributed by atoms with E-state index in [4.69, 9.17) is 9.47 Å². The molecule has 4 rings (SSSR count). The van der Waals surface area contributed by atoms with Crippen molar-refractivity contribution in [1.29, 1.82) is 0 Å². The summed E-state index contributed by atoms with van der Waals surface area (Å²) < 4.78 is 12.4. The minimum atomic E-state index is 0.300. The third-order valence-corrected chi connectivity index (χ3v) is 6.37. The summed E-state index contributed by atoms with van der Waals surface area (Å²) >= 11 is 1.79. The first-order chi connectivity index (χ1) is 10.9. The van der Waals surface area contributed by atoms with Gasteiger partial charge in [0.25, 0.3) is 0 Å². The molecule has 0 N–H and O–H groups in total. The lowest BCUT2D eigenvalue weighted by Crippen LogP contribution is -2.51. The minimum Gasteiger partial charge on any atom is -0.375 e. The van der Waals surface area contributed by atoms with E-state index >= 15 is 0 Å². The number of rotatable bonds is 5. The first kappa shape index (κ1) is 15.1. The quantitative estimate of drug-likeness (QED) is 0.825. The van der Waals surface area contributed by atoms with Gasteiger partial charge in [0.05, 0.1) is 18.8 Å². The highest BCUT2D eigenvalue weighted by Gasteiger charge is 2.43. The molecule has 0 amide bonds. The molecule has 0 spiro atoms. The third-order valence-electron chi connectivity index (χ3n) is 5.64. The second-order valence-corrected chi connectivity index (χ2v) is 7.88. The molecule has 22 heavy (non-hydrogen) atoms. The summed E-state index contributed by atoms with van der Waals surface area (Å²) in [7, 11) is 0. The van der Waals surface area contributed by atoms with Crippen LogP contribution in [0.5, 0.6) is 0 Å². The minimum absolute atomic E-state index is 0.300. The fourth-order valence-electron chi connectivity index (χ4n) is 4.42. The zero-order valence-electron chi connectivity index (χ0n) is 13.3. The van der Waals surface area contributed by atoms with Gasteiger partial charge in [-0.05, 0) is 54.0 Å².